The molecule has 3 nitrogen and oxygen atoms in total. The summed E-state index contributed by atoms with van der Waals surface area (Å²) in [7, 11) is 1.63. The Labute approximate surface area is 133 Å². The lowest BCUT2D eigenvalue weighted by molar-refractivity contribution is 0.103. The smallest absolute Gasteiger partial charge is 0.209 e. The Balaban J connectivity index is 1.88. The maximum absolute atomic E-state index is 13.0. The maximum Gasteiger partial charge on any atom is 0.209 e. The van der Waals surface area contributed by atoms with Crippen LogP contribution in [0.25, 0.3) is 21.7 Å². The van der Waals surface area contributed by atoms with Crippen LogP contribution in [0.1, 0.15) is 16.1 Å². The number of rotatable bonds is 3. The van der Waals surface area contributed by atoms with Crippen LogP contribution in [0.2, 0.25) is 0 Å². The molecule has 3 heteroatoms. The highest BCUT2D eigenvalue weighted by molar-refractivity contribution is 6.17. The van der Waals surface area contributed by atoms with Gasteiger partial charge in [-0.1, -0.05) is 42.5 Å². The fourth-order valence-electron chi connectivity index (χ4n) is 2.92. The van der Waals surface area contributed by atoms with Crippen LogP contribution in [0.4, 0.5) is 0 Å². The lowest BCUT2D eigenvalue weighted by Crippen LogP contribution is -2.02. The molecular weight excluding hydrogens is 286 g/mol. The van der Waals surface area contributed by atoms with E-state index in [1.807, 2.05) is 66.7 Å². The van der Waals surface area contributed by atoms with Crippen molar-refractivity contribution in [2.24, 2.45) is 0 Å². The molecule has 1 heterocycles. The van der Waals surface area contributed by atoms with Crippen molar-refractivity contribution in [3.05, 3.63) is 78.0 Å². The van der Waals surface area contributed by atoms with Crippen molar-refractivity contribution in [1.82, 2.24) is 4.98 Å². The summed E-state index contributed by atoms with van der Waals surface area (Å²) in [5, 5.41) is 2.96. The number of hydrogen-bond acceptors (Lipinski definition) is 2. The zero-order chi connectivity index (χ0) is 15.8. The minimum absolute atomic E-state index is 0.0138. The number of nitrogens with one attached hydrogen (secondary N) is 1. The molecule has 0 unspecified atom stereocenters. The Kier molecular flexibility index (Phi) is 3.12. The van der Waals surface area contributed by atoms with Crippen LogP contribution in [0.3, 0.4) is 0 Å². The molecule has 0 spiro atoms. The third kappa shape index (κ3) is 2.27. The van der Waals surface area contributed by atoms with Crippen LogP contribution in [0, 0.1) is 0 Å². The van der Waals surface area contributed by atoms with Gasteiger partial charge in [0.15, 0.2) is 0 Å². The van der Waals surface area contributed by atoms with Crippen molar-refractivity contribution in [2.45, 2.75) is 0 Å². The molecule has 4 aromatic rings. The predicted molar refractivity (Wildman–Crippen MR) is 92.2 cm³/mol. The Morgan fingerprint density at radius 3 is 2.57 bits per heavy atom. The van der Waals surface area contributed by atoms with Gasteiger partial charge in [0.2, 0.25) is 5.78 Å². The molecule has 0 amide bonds. The number of aromatic amines is 1. The number of para-hydroxylation sites is 1. The number of ether oxygens (including phenoxy) is 1. The van der Waals surface area contributed by atoms with Crippen molar-refractivity contribution >= 4 is 27.5 Å². The van der Waals surface area contributed by atoms with Gasteiger partial charge in [0, 0.05) is 16.5 Å². The molecule has 0 saturated heterocycles. The standard InChI is InChI=1S/C20H15NO2/c1-23-15-10-9-13-6-4-7-16(17(13)12-15)20(22)19-11-14-5-2-3-8-18(14)21-19/h2-12,21H,1H3. The number of ketones is 1. The highest BCUT2D eigenvalue weighted by atomic mass is 16.5. The number of benzene rings is 3. The Bertz CT molecular complexity index is 997. The monoisotopic (exact) mass is 301 g/mol. The minimum Gasteiger partial charge on any atom is -0.497 e. The average Bonchev–Trinajstić information content (AvgIpc) is 3.04. The Hall–Kier alpha value is -3.07. The van der Waals surface area contributed by atoms with Crippen molar-refractivity contribution in [3.63, 3.8) is 0 Å². The molecule has 23 heavy (non-hydrogen) atoms. The number of methoxy groups -OCH3 is 1. The van der Waals surface area contributed by atoms with Crippen LogP contribution >= 0.6 is 0 Å². The fraction of sp³-hybridized carbons (Fsp3) is 0.0500. The van der Waals surface area contributed by atoms with Crippen LogP contribution in [0.15, 0.2) is 66.7 Å². The number of aromatic nitrogens is 1. The lowest BCUT2D eigenvalue weighted by Gasteiger charge is -2.07. The summed E-state index contributed by atoms with van der Waals surface area (Å²) < 4.78 is 5.29. The van der Waals surface area contributed by atoms with E-state index < -0.39 is 0 Å². The van der Waals surface area contributed by atoms with Crippen LogP contribution in [-0.2, 0) is 0 Å². The van der Waals surface area contributed by atoms with Gasteiger partial charge >= 0.3 is 0 Å². The molecule has 1 N–H and O–H groups in total. The number of carbonyl (C=O) groups excluding carboxylic acids is 1. The zero-order valence-electron chi connectivity index (χ0n) is 12.7. The second-order valence-electron chi connectivity index (χ2n) is 5.49. The molecule has 112 valence electrons. The fourth-order valence-corrected chi connectivity index (χ4v) is 2.92. The number of H-pyrrole nitrogens is 1. The summed E-state index contributed by atoms with van der Waals surface area (Å²) in [4.78, 5) is 16.2. The predicted octanol–water partition coefficient (Wildman–Crippen LogP) is 4.56. The normalized spacial score (nSPS) is 11.0. The van der Waals surface area contributed by atoms with Crippen LogP contribution in [0.5, 0.6) is 5.75 Å². The van der Waals surface area contributed by atoms with E-state index in [1.165, 1.54) is 0 Å². The number of carbonyl (C=O) groups is 1. The molecule has 0 aliphatic carbocycles. The van der Waals surface area contributed by atoms with E-state index in [1.54, 1.807) is 7.11 Å². The highest BCUT2D eigenvalue weighted by Crippen LogP contribution is 2.26. The molecular formula is C20H15NO2. The van der Waals surface area contributed by atoms with E-state index in [0.717, 1.165) is 27.4 Å². The first kappa shape index (κ1) is 13.6. The van der Waals surface area contributed by atoms with Gasteiger partial charge in [0.05, 0.1) is 12.8 Å². The van der Waals surface area contributed by atoms with Crippen molar-refractivity contribution in [2.75, 3.05) is 7.11 Å². The van der Waals surface area contributed by atoms with E-state index in [-0.39, 0.29) is 5.78 Å². The van der Waals surface area contributed by atoms with Gasteiger partial charge in [-0.25, -0.2) is 0 Å². The SMILES string of the molecule is COc1ccc2cccc(C(=O)c3cc4ccccc4[nH]3)c2c1. The first-order chi connectivity index (χ1) is 11.3. The molecule has 3 aromatic carbocycles. The molecule has 0 aliphatic heterocycles. The van der Waals surface area contributed by atoms with E-state index >= 15 is 0 Å². The molecule has 0 bridgehead atoms. The van der Waals surface area contributed by atoms with E-state index in [0.29, 0.717) is 11.3 Å². The summed E-state index contributed by atoms with van der Waals surface area (Å²) in [6.07, 6.45) is 0. The van der Waals surface area contributed by atoms with Gasteiger partial charge in [-0.3, -0.25) is 4.79 Å². The molecule has 0 atom stereocenters. The quantitative estimate of drug-likeness (QED) is 0.564. The minimum atomic E-state index is -0.0138. The van der Waals surface area contributed by atoms with E-state index in [4.69, 9.17) is 4.74 Å². The van der Waals surface area contributed by atoms with Gasteiger partial charge in [-0.2, -0.15) is 0 Å². The first-order valence-corrected chi connectivity index (χ1v) is 7.45. The summed E-state index contributed by atoms with van der Waals surface area (Å²) >= 11 is 0. The summed E-state index contributed by atoms with van der Waals surface area (Å²) in [5.74, 6) is 0.731. The third-order valence-electron chi connectivity index (χ3n) is 4.11. The zero-order valence-corrected chi connectivity index (χ0v) is 12.7. The third-order valence-corrected chi connectivity index (χ3v) is 4.11. The van der Waals surface area contributed by atoms with Gasteiger partial charge in [-0.15, -0.1) is 0 Å². The highest BCUT2D eigenvalue weighted by Gasteiger charge is 2.15. The molecule has 0 fully saturated rings. The topological polar surface area (TPSA) is 42.1 Å². The maximum atomic E-state index is 13.0. The summed E-state index contributed by atoms with van der Waals surface area (Å²) in [5.41, 5.74) is 2.24. The average molecular weight is 301 g/mol. The second-order valence-corrected chi connectivity index (χ2v) is 5.49. The molecule has 0 aliphatic rings. The van der Waals surface area contributed by atoms with Crippen LogP contribution < -0.4 is 4.74 Å². The van der Waals surface area contributed by atoms with Gasteiger partial charge < -0.3 is 9.72 Å². The molecule has 1 aromatic heterocycles. The van der Waals surface area contributed by atoms with E-state index in [2.05, 4.69) is 4.98 Å². The molecule has 4 rings (SSSR count). The molecule has 0 radical (unpaired) electrons. The van der Waals surface area contributed by atoms with Crippen molar-refractivity contribution < 1.29 is 9.53 Å². The lowest BCUT2D eigenvalue weighted by atomic mass is 9.99. The number of fused-ring (bicyclic) bond motifs is 2. The summed E-state index contributed by atoms with van der Waals surface area (Å²) in [6.45, 7) is 0. The summed E-state index contributed by atoms with van der Waals surface area (Å²) in [6, 6.07) is 21.3. The van der Waals surface area contributed by atoms with Crippen molar-refractivity contribution in [1.29, 1.82) is 0 Å². The Morgan fingerprint density at radius 2 is 1.74 bits per heavy atom. The van der Waals surface area contributed by atoms with Crippen molar-refractivity contribution in [3.8, 4) is 5.75 Å². The van der Waals surface area contributed by atoms with Gasteiger partial charge in [0.25, 0.3) is 0 Å². The molecule has 0 saturated carbocycles. The van der Waals surface area contributed by atoms with Crippen LogP contribution in [-0.4, -0.2) is 17.9 Å². The number of hydrogen-bond donors (Lipinski definition) is 1. The van der Waals surface area contributed by atoms with E-state index in [9.17, 15) is 4.79 Å². The Morgan fingerprint density at radius 1 is 0.913 bits per heavy atom. The van der Waals surface area contributed by atoms with Gasteiger partial charge in [-0.05, 0) is 35.0 Å². The largest absolute Gasteiger partial charge is 0.497 e. The first-order valence-electron chi connectivity index (χ1n) is 7.45. The second kappa shape index (κ2) is 5.29. The van der Waals surface area contributed by atoms with Gasteiger partial charge in [0.1, 0.15) is 5.75 Å².